The molecule has 0 spiro atoms. The summed E-state index contributed by atoms with van der Waals surface area (Å²) in [6, 6.07) is 12.4. The van der Waals surface area contributed by atoms with E-state index in [-0.39, 0.29) is 11.6 Å². The predicted octanol–water partition coefficient (Wildman–Crippen LogP) is 5.25. The van der Waals surface area contributed by atoms with Crippen LogP contribution in [0.25, 0.3) is 6.08 Å². The molecule has 0 unspecified atom stereocenters. The standard InChI is InChI=1S/C19H15F3N2OS/c1-12-6-8-13(9-7-12)10-16-17(25)24(2)18(26-16)23-15-5-3-4-14(11-15)19(20,21)22/h3-11H,1-2H3/b16-10+,23-18?. The lowest BCUT2D eigenvalue weighted by Crippen LogP contribution is -2.23. The van der Waals surface area contributed by atoms with Crippen molar-refractivity contribution in [1.29, 1.82) is 0 Å². The van der Waals surface area contributed by atoms with E-state index < -0.39 is 11.7 Å². The Morgan fingerprint density at radius 1 is 1.12 bits per heavy atom. The fraction of sp³-hybridized carbons (Fsp3) is 0.158. The quantitative estimate of drug-likeness (QED) is 0.671. The number of rotatable bonds is 2. The molecule has 1 heterocycles. The lowest BCUT2D eigenvalue weighted by atomic mass is 10.1. The molecule has 0 atom stereocenters. The van der Waals surface area contributed by atoms with Crippen LogP contribution >= 0.6 is 11.8 Å². The van der Waals surface area contributed by atoms with Crippen LogP contribution in [0.5, 0.6) is 0 Å². The summed E-state index contributed by atoms with van der Waals surface area (Å²) in [6.45, 7) is 1.97. The maximum absolute atomic E-state index is 12.8. The number of carbonyl (C=O) groups excluding carboxylic acids is 1. The molecule has 3 nitrogen and oxygen atoms in total. The zero-order valence-electron chi connectivity index (χ0n) is 14.0. The molecule has 2 aromatic carbocycles. The Hall–Kier alpha value is -2.54. The minimum Gasteiger partial charge on any atom is -0.290 e. The van der Waals surface area contributed by atoms with Crippen molar-refractivity contribution in [2.75, 3.05) is 7.05 Å². The molecule has 1 aliphatic rings. The van der Waals surface area contributed by atoms with E-state index in [1.165, 1.54) is 17.0 Å². The molecule has 2 aromatic rings. The molecule has 1 fully saturated rings. The Morgan fingerprint density at radius 3 is 2.46 bits per heavy atom. The molecule has 0 saturated carbocycles. The largest absolute Gasteiger partial charge is 0.416 e. The molecule has 1 aliphatic heterocycles. The van der Waals surface area contributed by atoms with Gasteiger partial charge in [-0.15, -0.1) is 0 Å². The molecule has 26 heavy (non-hydrogen) atoms. The van der Waals surface area contributed by atoms with Gasteiger partial charge in [-0.25, -0.2) is 4.99 Å². The van der Waals surface area contributed by atoms with Crippen LogP contribution in [-0.4, -0.2) is 23.0 Å². The lowest BCUT2D eigenvalue weighted by molar-refractivity contribution is -0.137. The zero-order valence-corrected chi connectivity index (χ0v) is 14.9. The van der Waals surface area contributed by atoms with Crippen molar-refractivity contribution >= 4 is 34.6 Å². The summed E-state index contributed by atoms with van der Waals surface area (Å²) >= 11 is 1.14. The first-order valence-electron chi connectivity index (χ1n) is 7.74. The van der Waals surface area contributed by atoms with Crippen LogP contribution in [0.1, 0.15) is 16.7 Å². The van der Waals surface area contributed by atoms with Gasteiger partial charge in [0.2, 0.25) is 0 Å². The van der Waals surface area contributed by atoms with Gasteiger partial charge in [0.15, 0.2) is 5.17 Å². The Labute approximate surface area is 153 Å². The summed E-state index contributed by atoms with van der Waals surface area (Å²) in [7, 11) is 1.55. The van der Waals surface area contributed by atoms with Gasteiger partial charge in [0.1, 0.15) is 0 Å². The third-order valence-electron chi connectivity index (χ3n) is 3.78. The van der Waals surface area contributed by atoms with Gasteiger partial charge in [0, 0.05) is 7.05 Å². The third kappa shape index (κ3) is 3.99. The molecule has 134 valence electrons. The number of likely N-dealkylation sites (N-methyl/N-ethyl adjacent to an activating group) is 1. The zero-order chi connectivity index (χ0) is 18.9. The van der Waals surface area contributed by atoms with Crippen molar-refractivity contribution in [2.45, 2.75) is 13.1 Å². The summed E-state index contributed by atoms with van der Waals surface area (Å²) in [6.07, 6.45) is -2.69. The number of nitrogens with zero attached hydrogens (tertiary/aromatic N) is 2. The average molecular weight is 376 g/mol. The Bertz CT molecular complexity index is 902. The first kappa shape index (κ1) is 18.3. The van der Waals surface area contributed by atoms with Crippen LogP contribution in [0, 0.1) is 6.92 Å². The number of benzene rings is 2. The molecule has 0 aromatic heterocycles. The van der Waals surface area contributed by atoms with E-state index >= 15 is 0 Å². The Balaban J connectivity index is 1.89. The van der Waals surface area contributed by atoms with E-state index in [0.717, 1.165) is 35.0 Å². The van der Waals surface area contributed by atoms with Crippen LogP contribution in [-0.2, 0) is 11.0 Å². The highest BCUT2D eigenvalue weighted by Crippen LogP contribution is 2.35. The summed E-state index contributed by atoms with van der Waals surface area (Å²) < 4.78 is 38.5. The molecule has 0 radical (unpaired) electrons. The highest BCUT2D eigenvalue weighted by molar-refractivity contribution is 8.18. The first-order chi connectivity index (χ1) is 12.2. The first-order valence-corrected chi connectivity index (χ1v) is 8.56. The fourth-order valence-electron chi connectivity index (χ4n) is 2.33. The van der Waals surface area contributed by atoms with Gasteiger partial charge in [-0.2, -0.15) is 13.2 Å². The van der Waals surface area contributed by atoms with Crippen LogP contribution in [0.15, 0.2) is 58.4 Å². The number of alkyl halides is 3. The Morgan fingerprint density at radius 2 is 1.81 bits per heavy atom. The molecular formula is C19H15F3N2OS. The number of amidine groups is 1. The fourth-order valence-corrected chi connectivity index (χ4v) is 3.31. The van der Waals surface area contributed by atoms with Crippen molar-refractivity contribution in [1.82, 2.24) is 4.90 Å². The highest BCUT2D eigenvalue weighted by atomic mass is 32.2. The van der Waals surface area contributed by atoms with E-state index in [2.05, 4.69) is 4.99 Å². The van der Waals surface area contributed by atoms with E-state index in [0.29, 0.717) is 10.1 Å². The number of hydrogen-bond donors (Lipinski definition) is 0. The normalized spacial score (nSPS) is 18.2. The number of aryl methyl sites for hydroxylation is 1. The minimum absolute atomic E-state index is 0.151. The highest BCUT2D eigenvalue weighted by Gasteiger charge is 2.32. The number of amides is 1. The van der Waals surface area contributed by atoms with Gasteiger partial charge < -0.3 is 0 Å². The molecular weight excluding hydrogens is 361 g/mol. The van der Waals surface area contributed by atoms with E-state index in [9.17, 15) is 18.0 Å². The van der Waals surface area contributed by atoms with Crippen molar-refractivity contribution in [3.05, 3.63) is 70.1 Å². The second kappa shape index (κ2) is 6.99. The van der Waals surface area contributed by atoms with Crippen molar-refractivity contribution in [2.24, 2.45) is 4.99 Å². The number of hydrogen-bond acceptors (Lipinski definition) is 3. The van der Waals surface area contributed by atoms with Gasteiger partial charge in [0.05, 0.1) is 16.2 Å². The van der Waals surface area contributed by atoms with E-state index in [4.69, 9.17) is 0 Å². The summed E-state index contributed by atoms with van der Waals surface area (Å²) in [5.41, 5.74) is 1.37. The summed E-state index contributed by atoms with van der Waals surface area (Å²) in [5.74, 6) is -0.235. The minimum atomic E-state index is -4.43. The molecule has 1 saturated heterocycles. The molecule has 1 amide bonds. The SMILES string of the molecule is Cc1ccc(/C=C2/SC(=Nc3cccc(C(F)(F)F)c3)N(C)C2=O)cc1. The van der Waals surface area contributed by atoms with Gasteiger partial charge in [-0.3, -0.25) is 9.69 Å². The van der Waals surface area contributed by atoms with Crippen LogP contribution in [0.4, 0.5) is 18.9 Å². The van der Waals surface area contributed by atoms with Gasteiger partial charge in [-0.1, -0.05) is 35.9 Å². The second-order valence-electron chi connectivity index (χ2n) is 5.83. The lowest BCUT2D eigenvalue weighted by Gasteiger charge is -2.09. The van der Waals surface area contributed by atoms with Crippen LogP contribution in [0.2, 0.25) is 0 Å². The summed E-state index contributed by atoms with van der Waals surface area (Å²) in [5, 5.41) is 0.340. The van der Waals surface area contributed by atoms with Crippen molar-refractivity contribution < 1.29 is 18.0 Å². The molecule has 0 aliphatic carbocycles. The van der Waals surface area contributed by atoms with Crippen LogP contribution in [0.3, 0.4) is 0 Å². The smallest absolute Gasteiger partial charge is 0.290 e. The second-order valence-corrected chi connectivity index (χ2v) is 6.84. The molecule has 0 bridgehead atoms. The number of thioether (sulfide) groups is 1. The topological polar surface area (TPSA) is 32.7 Å². The monoisotopic (exact) mass is 376 g/mol. The van der Waals surface area contributed by atoms with E-state index in [1.807, 2.05) is 31.2 Å². The maximum atomic E-state index is 12.8. The number of halogens is 3. The van der Waals surface area contributed by atoms with Gasteiger partial charge in [0.25, 0.3) is 5.91 Å². The van der Waals surface area contributed by atoms with Crippen molar-refractivity contribution in [3.63, 3.8) is 0 Å². The third-order valence-corrected chi connectivity index (χ3v) is 4.84. The van der Waals surface area contributed by atoms with Crippen molar-refractivity contribution in [3.8, 4) is 0 Å². The molecule has 7 heteroatoms. The summed E-state index contributed by atoms with van der Waals surface area (Å²) in [4.78, 5) is 18.4. The van der Waals surface area contributed by atoms with Gasteiger partial charge >= 0.3 is 6.18 Å². The molecule has 0 N–H and O–H groups in total. The molecule has 3 rings (SSSR count). The van der Waals surface area contributed by atoms with Gasteiger partial charge in [-0.05, 0) is 48.5 Å². The van der Waals surface area contributed by atoms with E-state index in [1.54, 1.807) is 13.1 Å². The van der Waals surface area contributed by atoms with Crippen LogP contribution < -0.4 is 0 Å². The number of aliphatic imine (C=N–C) groups is 1. The predicted molar refractivity (Wildman–Crippen MR) is 98.1 cm³/mol. The Kier molecular flexibility index (Phi) is 4.91. The average Bonchev–Trinajstić information content (AvgIpc) is 2.84. The maximum Gasteiger partial charge on any atom is 0.416 e. The number of carbonyl (C=O) groups is 1.